The lowest BCUT2D eigenvalue weighted by atomic mass is 9.91. The number of aldehydes is 1. The Hall–Kier alpha value is -0.930. The van der Waals surface area contributed by atoms with E-state index < -0.39 is 11.7 Å². The van der Waals surface area contributed by atoms with Crippen LogP contribution in [0.2, 0.25) is 0 Å². The van der Waals surface area contributed by atoms with E-state index in [1.165, 1.54) is 7.11 Å². The summed E-state index contributed by atoms with van der Waals surface area (Å²) in [4.78, 5) is 10.4. The lowest BCUT2D eigenvalue weighted by molar-refractivity contribution is -0.104. The van der Waals surface area contributed by atoms with Crippen LogP contribution in [0.15, 0.2) is 23.8 Å². The molecule has 0 amide bonds. The van der Waals surface area contributed by atoms with Gasteiger partial charge in [0.2, 0.25) is 0 Å². The molecule has 12 heavy (non-hydrogen) atoms. The van der Waals surface area contributed by atoms with Crippen LogP contribution < -0.4 is 0 Å². The molecule has 1 aliphatic rings. The molecule has 0 aromatic carbocycles. The maximum atomic E-state index is 10.4. The first kappa shape index (κ1) is 9.16. The molecule has 0 fully saturated rings. The molecule has 0 saturated heterocycles. The van der Waals surface area contributed by atoms with E-state index in [9.17, 15) is 9.90 Å². The van der Waals surface area contributed by atoms with Crippen LogP contribution in [0.3, 0.4) is 0 Å². The monoisotopic (exact) mass is 168 g/mol. The van der Waals surface area contributed by atoms with Crippen LogP contribution in [-0.2, 0) is 9.53 Å². The van der Waals surface area contributed by atoms with Crippen LogP contribution in [0.5, 0.6) is 0 Å². The third-order valence-electron chi connectivity index (χ3n) is 1.92. The number of rotatable bonds is 2. The number of hydrogen-bond donors (Lipinski definition) is 1. The van der Waals surface area contributed by atoms with Gasteiger partial charge in [0.15, 0.2) is 0 Å². The predicted molar refractivity (Wildman–Crippen MR) is 44.7 cm³/mol. The number of aliphatic hydroxyl groups is 1. The molecule has 0 aliphatic heterocycles. The van der Waals surface area contributed by atoms with Gasteiger partial charge in [-0.05, 0) is 19.1 Å². The summed E-state index contributed by atoms with van der Waals surface area (Å²) in [6.45, 7) is 1.63. The van der Waals surface area contributed by atoms with Crippen LogP contribution in [0.1, 0.15) is 6.92 Å². The number of hydrogen-bond acceptors (Lipinski definition) is 3. The standard InChI is InChI=1S/C9H12O3/c1-9(11)4-3-7(6-10)5-8(9)12-2/h3-6,8,11H,1-2H3. The van der Waals surface area contributed by atoms with Gasteiger partial charge in [0, 0.05) is 12.7 Å². The van der Waals surface area contributed by atoms with Gasteiger partial charge >= 0.3 is 0 Å². The number of carbonyl (C=O) groups excluding carboxylic acids is 1. The topological polar surface area (TPSA) is 46.5 Å². The van der Waals surface area contributed by atoms with E-state index in [1.54, 1.807) is 25.2 Å². The van der Waals surface area contributed by atoms with Crippen molar-refractivity contribution in [3.05, 3.63) is 23.8 Å². The minimum Gasteiger partial charge on any atom is -0.383 e. The molecule has 2 unspecified atom stereocenters. The number of methoxy groups -OCH3 is 1. The Morgan fingerprint density at radius 3 is 2.92 bits per heavy atom. The van der Waals surface area contributed by atoms with Gasteiger partial charge in [-0.3, -0.25) is 4.79 Å². The van der Waals surface area contributed by atoms with E-state index >= 15 is 0 Å². The molecular weight excluding hydrogens is 156 g/mol. The molecule has 2 atom stereocenters. The Labute approximate surface area is 71.3 Å². The van der Waals surface area contributed by atoms with Gasteiger partial charge < -0.3 is 9.84 Å². The average Bonchev–Trinajstić information content (AvgIpc) is 2.04. The van der Waals surface area contributed by atoms with Gasteiger partial charge in [-0.25, -0.2) is 0 Å². The van der Waals surface area contributed by atoms with Gasteiger partial charge in [0.1, 0.15) is 18.0 Å². The van der Waals surface area contributed by atoms with Crippen molar-refractivity contribution >= 4 is 6.29 Å². The minimum atomic E-state index is -1.01. The zero-order chi connectivity index (χ0) is 9.19. The van der Waals surface area contributed by atoms with Gasteiger partial charge in [-0.15, -0.1) is 0 Å². The summed E-state index contributed by atoms with van der Waals surface area (Å²) in [6.07, 6.45) is 5.04. The van der Waals surface area contributed by atoms with E-state index in [4.69, 9.17) is 4.74 Å². The first-order valence-corrected chi connectivity index (χ1v) is 3.71. The number of allylic oxidation sites excluding steroid dienone is 2. The van der Waals surface area contributed by atoms with Crippen molar-refractivity contribution in [1.82, 2.24) is 0 Å². The molecule has 3 nitrogen and oxygen atoms in total. The molecule has 1 rings (SSSR count). The van der Waals surface area contributed by atoms with Crippen molar-refractivity contribution < 1.29 is 14.6 Å². The second-order valence-corrected chi connectivity index (χ2v) is 3.00. The fourth-order valence-corrected chi connectivity index (χ4v) is 1.14. The van der Waals surface area contributed by atoms with Crippen molar-refractivity contribution in [2.45, 2.75) is 18.6 Å². The van der Waals surface area contributed by atoms with E-state index in [0.29, 0.717) is 5.57 Å². The van der Waals surface area contributed by atoms with Crippen LogP contribution in [-0.4, -0.2) is 30.2 Å². The fraction of sp³-hybridized carbons (Fsp3) is 0.444. The van der Waals surface area contributed by atoms with Crippen molar-refractivity contribution in [2.75, 3.05) is 7.11 Å². The molecule has 0 bridgehead atoms. The summed E-state index contributed by atoms with van der Waals surface area (Å²) in [6, 6.07) is 0. The summed E-state index contributed by atoms with van der Waals surface area (Å²) in [5.74, 6) is 0. The van der Waals surface area contributed by atoms with E-state index in [2.05, 4.69) is 0 Å². The average molecular weight is 168 g/mol. The molecule has 0 spiro atoms. The third kappa shape index (κ3) is 1.62. The van der Waals surface area contributed by atoms with Crippen LogP contribution in [0.4, 0.5) is 0 Å². The highest BCUT2D eigenvalue weighted by Crippen LogP contribution is 2.22. The number of ether oxygens (including phenoxy) is 1. The Bertz CT molecular complexity index is 238. The molecule has 66 valence electrons. The highest BCUT2D eigenvalue weighted by molar-refractivity contribution is 5.78. The van der Waals surface area contributed by atoms with Gasteiger partial charge in [-0.2, -0.15) is 0 Å². The second kappa shape index (κ2) is 3.21. The molecule has 3 heteroatoms. The fourth-order valence-electron chi connectivity index (χ4n) is 1.14. The predicted octanol–water partition coefficient (Wildman–Crippen LogP) is 0.448. The van der Waals surface area contributed by atoms with Crippen LogP contribution in [0, 0.1) is 0 Å². The van der Waals surface area contributed by atoms with Crippen molar-refractivity contribution in [1.29, 1.82) is 0 Å². The van der Waals surface area contributed by atoms with Crippen LogP contribution in [0.25, 0.3) is 0 Å². The normalized spacial score (nSPS) is 34.6. The molecule has 0 radical (unpaired) electrons. The second-order valence-electron chi connectivity index (χ2n) is 3.00. The Morgan fingerprint density at radius 1 is 1.75 bits per heavy atom. The largest absolute Gasteiger partial charge is 0.383 e. The first-order chi connectivity index (χ1) is 5.60. The third-order valence-corrected chi connectivity index (χ3v) is 1.92. The molecular formula is C9H12O3. The Balaban J connectivity index is 2.89. The SMILES string of the molecule is COC1C=C(C=O)C=CC1(C)O. The highest BCUT2D eigenvalue weighted by atomic mass is 16.5. The highest BCUT2D eigenvalue weighted by Gasteiger charge is 2.30. The molecule has 0 aromatic heterocycles. The first-order valence-electron chi connectivity index (χ1n) is 3.71. The van der Waals surface area contributed by atoms with Gasteiger partial charge in [0.25, 0.3) is 0 Å². The lowest BCUT2D eigenvalue weighted by Crippen LogP contribution is -2.39. The van der Waals surface area contributed by atoms with E-state index in [0.717, 1.165) is 6.29 Å². The zero-order valence-corrected chi connectivity index (χ0v) is 7.15. The molecule has 1 N–H and O–H groups in total. The van der Waals surface area contributed by atoms with Gasteiger partial charge in [-0.1, -0.05) is 6.08 Å². The maximum absolute atomic E-state index is 10.4. The van der Waals surface area contributed by atoms with E-state index in [1.807, 2.05) is 0 Å². The number of carbonyl (C=O) groups is 1. The van der Waals surface area contributed by atoms with Crippen LogP contribution >= 0.6 is 0 Å². The van der Waals surface area contributed by atoms with Crippen molar-refractivity contribution in [2.24, 2.45) is 0 Å². The smallest absolute Gasteiger partial charge is 0.149 e. The molecule has 0 saturated carbocycles. The quantitative estimate of drug-likeness (QED) is 0.609. The van der Waals surface area contributed by atoms with E-state index in [-0.39, 0.29) is 0 Å². The molecule has 0 heterocycles. The lowest BCUT2D eigenvalue weighted by Gasteiger charge is -2.29. The Kier molecular flexibility index (Phi) is 2.45. The molecule has 0 aromatic rings. The zero-order valence-electron chi connectivity index (χ0n) is 7.15. The summed E-state index contributed by atoms with van der Waals surface area (Å²) >= 11 is 0. The Morgan fingerprint density at radius 2 is 2.42 bits per heavy atom. The van der Waals surface area contributed by atoms with Crippen molar-refractivity contribution in [3.8, 4) is 0 Å². The summed E-state index contributed by atoms with van der Waals surface area (Å²) in [7, 11) is 1.50. The minimum absolute atomic E-state index is 0.442. The summed E-state index contributed by atoms with van der Waals surface area (Å²) in [5.41, 5.74) is -0.477. The maximum Gasteiger partial charge on any atom is 0.149 e. The van der Waals surface area contributed by atoms with Crippen molar-refractivity contribution in [3.63, 3.8) is 0 Å². The molecule has 1 aliphatic carbocycles. The summed E-state index contributed by atoms with van der Waals surface area (Å²) < 4.78 is 5.00. The summed E-state index contributed by atoms with van der Waals surface area (Å²) in [5, 5.41) is 9.68. The van der Waals surface area contributed by atoms with Gasteiger partial charge in [0.05, 0.1) is 0 Å².